The van der Waals surface area contributed by atoms with Crippen LogP contribution in [0.4, 0.5) is 0 Å². The van der Waals surface area contributed by atoms with Crippen molar-refractivity contribution in [1.29, 1.82) is 0 Å². The zero-order chi connectivity index (χ0) is 15.3. The summed E-state index contributed by atoms with van der Waals surface area (Å²) in [5, 5.41) is 5.99. The van der Waals surface area contributed by atoms with E-state index in [-0.39, 0.29) is 16.8 Å². The van der Waals surface area contributed by atoms with Crippen LogP contribution in [0, 0.1) is 0 Å². The number of carbonyl (C=O) groups excluding carboxylic acids is 1. The van der Waals surface area contributed by atoms with Crippen LogP contribution in [-0.4, -0.2) is 33.5 Å². The zero-order valence-electron chi connectivity index (χ0n) is 12.1. The highest BCUT2D eigenvalue weighted by molar-refractivity contribution is 7.89. The van der Waals surface area contributed by atoms with E-state index in [9.17, 15) is 13.2 Å². The molecule has 1 saturated heterocycles. The summed E-state index contributed by atoms with van der Waals surface area (Å²) >= 11 is 0. The van der Waals surface area contributed by atoms with Crippen molar-refractivity contribution in [2.75, 3.05) is 13.1 Å². The van der Waals surface area contributed by atoms with Crippen molar-refractivity contribution in [3.8, 4) is 0 Å². The van der Waals surface area contributed by atoms with E-state index >= 15 is 0 Å². The van der Waals surface area contributed by atoms with Crippen LogP contribution in [0.2, 0.25) is 0 Å². The minimum atomic E-state index is -3.42. The van der Waals surface area contributed by atoms with Gasteiger partial charge in [-0.15, -0.1) is 0 Å². The highest BCUT2D eigenvalue weighted by Gasteiger charge is 2.21. The van der Waals surface area contributed by atoms with Crippen LogP contribution in [0.1, 0.15) is 25.3 Å². The maximum absolute atomic E-state index is 11.9. The third kappa shape index (κ3) is 4.26. The quantitative estimate of drug-likeness (QED) is 0.707. The Balaban J connectivity index is 1.92. The number of hydrogen-bond acceptors (Lipinski definition) is 4. The predicted molar refractivity (Wildman–Crippen MR) is 80.2 cm³/mol. The molecule has 1 aliphatic rings. The second kappa shape index (κ2) is 7.02. The Morgan fingerprint density at radius 3 is 2.62 bits per heavy atom. The smallest absolute Gasteiger partial charge is 0.240 e. The number of sulfonamides is 1. The third-order valence-electron chi connectivity index (χ3n) is 3.41. The molecular weight excluding hydrogens is 290 g/mol. The van der Waals surface area contributed by atoms with Crippen LogP contribution >= 0.6 is 0 Å². The first kappa shape index (κ1) is 15.9. The van der Waals surface area contributed by atoms with E-state index in [1.54, 1.807) is 31.2 Å². The Labute approximate surface area is 125 Å². The molecule has 1 aromatic carbocycles. The zero-order valence-corrected chi connectivity index (χ0v) is 12.9. The summed E-state index contributed by atoms with van der Waals surface area (Å²) in [4.78, 5) is 12.1. The average molecular weight is 311 g/mol. The number of hydrogen-bond donors (Lipinski definition) is 3. The minimum absolute atomic E-state index is 0.00292. The minimum Gasteiger partial charge on any atom is -0.351 e. The number of amides is 1. The molecule has 21 heavy (non-hydrogen) atoms. The lowest BCUT2D eigenvalue weighted by Gasteiger charge is -2.11. The average Bonchev–Trinajstić information content (AvgIpc) is 2.99. The van der Waals surface area contributed by atoms with Crippen LogP contribution in [0.3, 0.4) is 0 Å². The van der Waals surface area contributed by atoms with E-state index in [4.69, 9.17) is 0 Å². The number of rotatable bonds is 6. The topological polar surface area (TPSA) is 87.3 Å². The van der Waals surface area contributed by atoms with E-state index in [0.717, 1.165) is 24.9 Å². The summed E-state index contributed by atoms with van der Waals surface area (Å²) in [6, 6.07) is 6.43. The van der Waals surface area contributed by atoms with Gasteiger partial charge in [-0.2, -0.15) is 0 Å². The van der Waals surface area contributed by atoms with E-state index in [0.29, 0.717) is 13.1 Å². The summed E-state index contributed by atoms with van der Waals surface area (Å²) in [5.41, 5.74) is 0.872. The van der Waals surface area contributed by atoms with E-state index in [2.05, 4.69) is 15.4 Å². The molecular formula is C14H21N3O3S. The monoisotopic (exact) mass is 311 g/mol. The first-order valence-corrected chi connectivity index (χ1v) is 8.61. The van der Waals surface area contributed by atoms with Gasteiger partial charge in [-0.05, 0) is 37.1 Å². The molecule has 0 saturated carbocycles. The Hall–Kier alpha value is -1.44. The lowest BCUT2D eigenvalue weighted by molar-refractivity contribution is -0.122. The van der Waals surface area contributed by atoms with Gasteiger partial charge >= 0.3 is 0 Å². The molecule has 6 nitrogen and oxygen atoms in total. The molecule has 1 heterocycles. The molecule has 7 heteroatoms. The molecule has 1 aliphatic heterocycles. The Kier molecular flexibility index (Phi) is 5.33. The molecule has 1 aromatic rings. The van der Waals surface area contributed by atoms with Crippen molar-refractivity contribution >= 4 is 15.9 Å². The highest BCUT2D eigenvalue weighted by atomic mass is 32.2. The molecule has 1 atom stereocenters. The molecule has 1 fully saturated rings. The van der Waals surface area contributed by atoms with Crippen molar-refractivity contribution in [2.24, 2.45) is 0 Å². The van der Waals surface area contributed by atoms with Gasteiger partial charge in [0.05, 0.1) is 10.9 Å². The predicted octanol–water partition coefficient (Wildman–Crippen LogP) is 0.353. The summed E-state index contributed by atoms with van der Waals surface area (Å²) in [6.45, 7) is 3.38. The Bertz CT molecular complexity index is 578. The highest BCUT2D eigenvalue weighted by Crippen LogP contribution is 2.11. The molecule has 0 aromatic heterocycles. The van der Waals surface area contributed by atoms with Gasteiger partial charge in [-0.1, -0.05) is 19.1 Å². The van der Waals surface area contributed by atoms with Gasteiger partial charge < -0.3 is 10.6 Å². The fourth-order valence-corrected chi connectivity index (χ4v) is 3.32. The standard InChI is InChI=1S/C14H21N3O3S/c1-2-17-21(19,20)12-7-5-11(6-8-12)10-16-14(18)13-4-3-9-15-13/h5-8,13,15,17H,2-4,9-10H2,1H3,(H,16,18). The van der Waals surface area contributed by atoms with Crippen LogP contribution in [0.25, 0.3) is 0 Å². The number of carbonyl (C=O) groups is 1. The van der Waals surface area contributed by atoms with Gasteiger partial charge in [0.25, 0.3) is 0 Å². The molecule has 0 radical (unpaired) electrons. The van der Waals surface area contributed by atoms with Crippen molar-refractivity contribution in [2.45, 2.75) is 37.2 Å². The summed E-state index contributed by atoms with van der Waals surface area (Å²) in [5.74, 6) is -0.00292. The maximum Gasteiger partial charge on any atom is 0.240 e. The van der Waals surface area contributed by atoms with Crippen LogP contribution in [0.15, 0.2) is 29.2 Å². The second-order valence-electron chi connectivity index (χ2n) is 5.01. The molecule has 0 aliphatic carbocycles. The van der Waals surface area contributed by atoms with Crippen molar-refractivity contribution in [3.05, 3.63) is 29.8 Å². The molecule has 0 bridgehead atoms. The molecule has 1 unspecified atom stereocenters. The molecule has 2 rings (SSSR count). The summed E-state index contributed by atoms with van der Waals surface area (Å²) in [6.07, 6.45) is 1.89. The van der Waals surface area contributed by atoms with Gasteiger partial charge in [0.1, 0.15) is 0 Å². The van der Waals surface area contributed by atoms with Gasteiger partial charge in [-0.25, -0.2) is 13.1 Å². The number of nitrogens with one attached hydrogen (secondary N) is 3. The Morgan fingerprint density at radius 1 is 1.33 bits per heavy atom. The summed E-state index contributed by atoms with van der Waals surface area (Å²) in [7, 11) is -3.42. The lowest BCUT2D eigenvalue weighted by atomic mass is 10.2. The second-order valence-corrected chi connectivity index (χ2v) is 6.78. The largest absolute Gasteiger partial charge is 0.351 e. The molecule has 3 N–H and O–H groups in total. The van der Waals surface area contributed by atoms with Crippen LogP contribution in [0.5, 0.6) is 0 Å². The van der Waals surface area contributed by atoms with Gasteiger partial charge in [-0.3, -0.25) is 4.79 Å². The van der Waals surface area contributed by atoms with E-state index < -0.39 is 10.0 Å². The molecule has 0 spiro atoms. The van der Waals surface area contributed by atoms with Crippen molar-refractivity contribution < 1.29 is 13.2 Å². The molecule has 1 amide bonds. The van der Waals surface area contributed by atoms with Crippen LogP contribution in [-0.2, 0) is 21.4 Å². The maximum atomic E-state index is 11.9. The van der Waals surface area contributed by atoms with E-state index in [1.807, 2.05) is 0 Å². The molecule has 116 valence electrons. The third-order valence-corrected chi connectivity index (χ3v) is 4.97. The summed E-state index contributed by atoms with van der Waals surface area (Å²) < 4.78 is 26.0. The van der Waals surface area contributed by atoms with Gasteiger partial charge in [0, 0.05) is 13.1 Å². The number of benzene rings is 1. The van der Waals surface area contributed by atoms with Crippen molar-refractivity contribution in [1.82, 2.24) is 15.4 Å². The fourth-order valence-electron chi connectivity index (χ4n) is 2.28. The van der Waals surface area contributed by atoms with E-state index in [1.165, 1.54) is 0 Å². The fraction of sp³-hybridized carbons (Fsp3) is 0.500. The Morgan fingerprint density at radius 2 is 2.05 bits per heavy atom. The van der Waals surface area contributed by atoms with Crippen LogP contribution < -0.4 is 15.4 Å². The first-order chi connectivity index (χ1) is 10.0. The van der Waals surface area contributed by atoms with Crippen molar-refractivity contribution in [3.63, 3.8) is 0 Å². The normalized spacial score (nSPS) is 18.6. The van der Waals surface area contributed by atoms with Gasteiger partial charge in [0.15, 0.2) is 0 Å². The first-order valence-electron chi connectivity index (χ1n) is 7.12. The SMILES string of the molecule is CCNS(=O)(=O)c1ccc(CNC(=O)C2CCCN2)cc1. The van der Waals surface area contributed by atoms with Gasteiger partial charge in [0.2, 0.25) is 15.9 Å². The lowest BCUT2D eigenvalue weighted by Crippen LogP contribution is -2.39.